The number of piperazine rings is 1. The summed E-state index contributed by atoms with van der Waals surface area (Å²) >= 11 is 0. The summed E-state index contributed by atoms with van der Waals surface area (Å²) in [5, 5.41) is 7.70. The van der Waals surface area contributed by atoms with Crippen molar-refractivity contribution in [2.75, 3.05) is 36.4 Å². The zero-order valence-corrected chi connectivity index (χ0v) is 17.6. The number of carbonyl (C=O) groups excluding carboxylic acids is 1. The molecule has 0 bridgehead atoms. The standard InChI is InChI=1S/C24H23F2N5O/c1-16-22(23(17-2-4-18(25)5-3-17)31-21(28-16)10-11-27-31)24(32)30-14-12-29(13-15-30)20-8-6-19(26)7-9-20/h2-11,23,28H,12-15H2,1H3. The molecule has 0 saturated carbocycles. The highest BCUT2D eigenvalue weighted by Gasteiger charge is 2.35. The lowest BCUT2D eigenvalue weighted by atomic mass is 9.94. The zero-order chi connectivity index (χ0) is 22.2. The summed E-state index contributed by atoms with van der Waals surface area (Å²) < 4.78 is 28.6. The lowest BCUT2D eigenvalue weighted by molar-refractivity contribution is -0.127. The average molecular weight is 435 g/mol. The van der Waals surface area contributed by atoms with Gasteiger partial charge < -0.3 is 15.1 Å². The van der Waals surface area contributed by atoms with E-state index in [9.17, 15) is 13.6 Å². The molecular weight excluding hydrogens is 412 g/mol. The molecule has 2 aliphatic rings. The van der Waals surface area contributed by atoms with Crippen molar-refractivity contribution in [1.29, 1.82) is 0 Å². The fourth-order valence-corrected chi connectivity index (χ4v) is 4.43. The monoisotopic (exact) mass is 435 g/mol. The normalized spacial score (nSPS) is 18.4. The molecular formula is C24H23F2N5O. The summed E-state index contributed by atoms with van der Waals surface area (Å²) in [5.74, 6) is 0.132. The van der Waals surface area contributed by atoms with Gasteiger partial charge >= 0.3 is 0 Å². The molecule has 8 heteroatoms. The van der Waals surface area contributed by atoms with Crippen molar-refractivity contribution < 1.29 is 13.6 Å². The third-order valence-corrected chi connectivity index (χ3v) is 6.08. The molecule has 1 aromatic heterocycles. The first-order valence-corrected chi connectivity index (χ1v) is 10.6. The van der Waals surface area contributed by atoms with Crippen LogP contribution in [0.15, 0.2) is 72.1 Å². The summed E-state index contributed by atoms with van der Waals surface area (Å²) in [6.07, 6.45) is 1.68. The number of nitrogens with zero attached hydrogens (tertiary/aromatic N) is 4. The summed E-state index contributed by atoms with van der Waals surface area (Å²) in [6, 6.07) is 14.0. The number of carbonyl (C=O) groups is 1. The number of amides is 1. The van der Waals surface area contributed by atoms with Gasteiger partial charge in [-0.25, -0.2) is 13.5 Å². The van der Waals surface area contributed by atoms with Crippen LogP contribution in [0.1, 0.15) is 18.5 Å². The Morgan fingerprint density at radius 3 is 2.22 bits per heavy atom. The molecule has 1 amide bonds. The van der Waals surface area contributed by atoms with Gasteiger partial charge in [-0.3, -0.25) is 4.79 Å². The van der Waals surface area contributed by atoms with E-state index in [1.165, 1.54) is 24.3 Å². The molecule has 6 nitrogen and oxygen atoms in total. The molecule has 5 rings (SSSR count). The Balaban J connectivity index is 1.40. The van der Waals surface area contributed by atoms with Crippen molar-refractivity contribution in [1.82, 2.24) is 14.7 Å². The number of allylic oxidation sites excluding steroid dienone is 1. The van der Waals surface area contributed by atoms with Crippen LogP contribution in [0.3, 0.4) is 0 Å². The first-order chi connectivity index (χ1) is 15.5. The maximum atomic E-state index is 13.7. The molecule has 1 unspecified atom stereocenters. The van der Waals surface area contributed by atoms with Crippen LogP contribution in [0.5, 0.6) is 0 Å². The molecule has 1 atom stereocenters. The second kappa shape index (κ2) is 8.11. The van der Waals surface area contributed by atoms with E-state index in [0.717, 1.165) is 22.8 Å². The number of nitrogens with one attached hydrogen (secondary N) is 1. The maximum Gasteiger partial charge on any atom is 0.254 e. The van der Waals surface area contributed by atoms with Crippen LogP contribution in [0.4, 0.5) is 20.3 Å². The van der Waals surface area contributed by atoms with Gasteiger partial charge in [0.05, 0.1) is 11.8 Å². The van der Waals surface area contributed by atoms with E-state index >= 15 is 0 Å². The Labute approximate surface area is 184 Å². The molecule has 0 radical (unpaired) electrons. The number of hydrogen-bond donors (Lipinski definition) is 1. The number of anilines is 2. The summed E-state index contributed by atoms with van der Waals surface area (Å²) in [7, 11) is 0. The molecule has 3 heterocycles. The van der Waals surface area contributed by atoms with Crippen molar-refractivity contribution in [3.05, 3.63) is 89.3 Å². The van der Waals surface area contributed by atoms with Gasteiger partial charge in [0.1, 0.15) is 23.5 Å². The van der Waals surface area contributed by atoms with Crippen LogP contribution in [0.25, 0.3) is 0 Å². The van der Waals surface area contributed by atoms with E-state index in [1.807, 2.05) is 17.9 Å². The minimum Gasteiger partial charge on any atom is -0.368 e. The van der Waals surface area contributed by atoms with Crippen LogP contribution < -0.4 is 10.2 Å². The fraction of sp³-hybridized carbons (Fsp3) is 0.250. The van der Waals surface area contributed by atoms with Gasteiger partial charge in [-0.15, -0.1) is 0 Å². The third kappa shape index (κ3) is 3.62. The number of rotatable bonds is 3. The molecule has 3 aromatic rings. The summed E-state index contributed by atoms with van der Waals surface area (Å²) in [4.78, 5) is 17.7. The Morgan fingerprint density at radius 2 is 1.56 bits per heavy atom. The summed E-state index contributed by atoms with van der Waals surface area (Å²) in [5.41, 5.74) is 3.10. The van der Waals surface area contributed by atoms with E-state index in [0.29, 0.717) is 31.8 Å². The molecule has 0 aliphatic carbocycles. The van der Waals surface area contributed by atoms with Crippen molar-refractivity contribution in [2.45, 2.75) is 13.0 Å². The van der Waals surface area contributed by atoms with Crippen molar-refractivity contribution >= 4 is 17.4 Å². The smallest absolute Gasteiger partial charge is 0.254 e. The minimum absolute atomic E-state index is 0.0655. The molecule has 1 saturated heterocycles. The highest BCUT2D eigenvalue weighted by atomic mass is 19.1. The van der Waals surface area contributed by atoms with Crippen molar-refractivity contribution in [3.8, 4) is 0 Å². The zero-order valence-electron chi connectivity index (χ0n) is 17.6. The lowest BCUT2D eigenvalue weighted by Crippen LogP contribution is -2.50. The third-order valence-electron chi connectivity index (χ3n) is 6.08. The van der Waals surface area contributed by atoms with Gasteiger partial charge in [-0.05, 0) is 48.9 Å². The van der Waals surface area contributed by atoms with Crippen LogP contribution in [0.2, 0.25) is 0 Å². The average Bonchev–Trinajstić information content (AvgIpc) is 3.27. The van der Waals surface area contributed by atoms with Gasteiger partial charge in [-0.2, -0.15) is 5.10 Å². The number of fused-ring (bicyclic) bond motifs is 1. The second-order valence-electron chi connectivity index (χ2n) is 8.03. The number of benzene rings is 2. The molecule has 1 N–H and O–H groups in total. The van der Waals surface area contributed by atoms with E-state index < -0.39 is 6.04 Å². The van der Waals surface area contributed by atoms with Crippen LogP contribution in [-0.2, 0) is 4.79 Å². The Bertz CT molecular complexity index is 1160. The SMILES string of the molecule is CC1=C(C(=O)N2CCN(c3ccc(F)cc3)CC2)C(c2ccc(F)cc2)n2nccc2N1. The predicted molar refractivity (Wildman–Crippen MR) is 118 cm³/mol. The Kier molecular flexibility index (Phi) is 5.13. The topological polar surface area (TPSA) is 53.4 Å². The minimum atomic E-state index is -0.440. The summed E-state index contributed by atoms with van der Waals surface area (Å²) in [6.45, 7) is 4.30. The maximum absolute atomic E-state index is 13.7. The quantitative estimate of drug-likeness (QED) is 0.680. The van der Waals surface area contributed by atoms with E-state index in [4.69, 9.17) is 0 Å². The largest absolute Gasteiger partial charge is 0.368 e. The molecule has 32 heavy (non-hydrogen) atoms. The molecule has 0 spiro atoms. The Hall–Kier alpha value is -3.68. The van der Waals surface area contributed by atoms with Gasteiger partial charge in [0, 0.05) is 43.6 Å². The molecule has 164 valence electrons. The van der Waals surface area contributed by atoms with E-state index in [2.05, 4.69) is 15.3 Å². The number of aromatic nitrogens is 2. The van der Waals surface area contributed by atoms with Crippen LogP contribution in [-0.4, -0.2) is 46.8 Å². The van der Waals surface area contributed by atoms with Crippen molar-refractivity contribution in [3.63, 3.8) is 0 Å². The Morgan fingerprint density at radius 1 is 0.938 bits per heavy atom. The molecule has 2 aliphatic heterocycles. The van der Waals surface area contributed by atoms with Gasteiger partial charge in [-0.1, -0.05) is 12.1 Å². The highest BCUT2D eigenvalue weighted by Crippen LogP contribution is 2.36. The number of halogens is 2. The second-order valence-corrected chi connectivity index (χ2v) is 8.03. The first kappa shape index (κ1) is 20.2. The van der Waals surface area contributed by atoms with Gasteiger partial charge in [0.2, 0.25) is 0 Å². The van der Waals surface area contributed by atoms with Crippen LogP contribution >= 0.6 is 0 Å². The van der Waals surface area contributed by atoms with Gasteiger partial charge in [0.25, 0.3) is 5.91 Å². The first-order valence-electron chi connectivity index (χ1n) is 10.6. The predicted octanol–water partition coefficient (Wildman–Crippen LogP) is 3.80. The molecule has 1 fully saturated rings. The van der Waals surface area contributed by atoms with E-state index in [-0.39, 0.29) is 17.5 Å². The molecule has 2 aromatic carbocycles. The lowest BCUT2D eigenvalue weighted by Gasteiger charge is -2.38. The highest BCUT2D eigenvalue weighted by molar-refractivity contribution is 5.97. The number of hydrogen-bond acceptors (Lipinski definition) is 4. The van der Waals surface area contributed by atoms with Crippen molar-refractivity contribution in [2.24, 2.45) is 0 Å². The van der Waals surface area contributed by atoms with Crippen LogP contribution in [0, 0.1) is 11.6 Å². The van der Waals surface area contributed by atoms with E-state index in [1.54, 1.807) is 35.1 Å². The fourth-order valence-electron chi connectivity index (χ4n) is 4.43. The van der Waals surface area contributed by atoms with Gasteiger partial charge in [0.15, 0.2) is 0 Å².